The van der Waals surface area contributed by atoms with E-state index in [-0.39, 0.29) is 0 Å². The second kappa shape index (κ2) is 9.33. The van der Waals surface area contributed by atoms with Crippen LogP contribution in [0, 0.1) is 0 Å². The van der Waals surface area contributed by atoms with Crippen molar-refractivity contribution in [3.8, 4) is 16.8 Å². The van der Waals surface area contributed by atoms with E-state index in [4.69, 9.17) is 0 Å². The average molecular weight is 527 g/mol. The van der Waals surface area contributed by atoms with Crippen molar-refractivity contribution in [2.45, 2.75) is 12.0 Å². The van der Waals surface area contributed by atoms with Crippen LogP contribution in [0.3, 0.4) is 0 Å². The van der Waals surface area contributed by atoms with Crippen LogP contribution < -0.4 is 5.32 Å². The number of benzene rings is 6. The molecule has 1 aliphatic rings. The van der Waals surface area contributed by atoms with E-state index >= 15 is 0 Å². The molecule has 0 atom stereocenters. The van der Waals surface area contributed by atoms with Gasteiger partial charge in [-0.3, -0.25) is 0 Å². The number of nitrogens with one attached hydrogen (secondary N) is 1. The molecule has 2 heteroatoms. The van der Waals surface area contributed by atoms with E-state index in [1.54, 1.807) is 0 Å². The normalized spacial score (nSPS) is 12.5. The lowest BCUT2D eigenvalue weighted by Gasteiger charge is -2.36. The van der Waals surface area contributed by atoms with Gasteiger partial charge in [0.2, 0.25) is 0 Å². The van der Waals surface area contributed by atoms with Crippen molar-refractivity contribution in [1.82, 2.24) is 9.88 Å². The molecule has 0 radical (unpaired) electrons. The molecule has 0 aliphatic heterocycles. The van der Waals surface area contributed by atoms with Crippen LogP contribution in [0.25, 0.3) is 38.6 Å². The fourth-order valence-corrected chi connectivity index (χ4v) is 7.14. The predicted octanol–water partition coefficient (Wildman–Crippen LogP) is 8.87. The number of hydrogen-bond donors (Lipinski definition) is 1. The van der Waals surface area contributed by atoms with Gasteiger partial charge in [-0.2, -0.15) is 0 Å². The maximum absolute atomic E-state index is 3.71. The molecule has 1 aromatic heterocycles. The van der Waals surface area contributed by atoms with Gasteiger partial charge < -0.3 is 9.88 Å². The summed E-state index contributed by atoms with van der Waals surface area (Å²) in [6, 6.07) is 52.9. The van der Waals surface area contributed by atoms with Crippen LogP contribution in [-0.2, 0) is 12.0 Å². The maximum atomic E-state index is 3.71. The highest BCUT2D eigenvalue weighted by molar-refractivity contribution is 6.13. The molecule has 0 saturated heterocycles. The molecule has 0 saturated carbocycles. The quantitative estimate of drug-likeness (QED) is 0.222. The Balaban J connectivity index is 1.32. The zero-order chi connectivity index (χ0) is 27.4. The van der Waals surface area contributed by atoms with E-state index in [2.05, 4.69) is 163 Å². The Morgan fingerprint density at radius 2 is 1.15 bits per heavy atom. The lowest BCUT2D eigenvalue weighted by molar-refractivity contribution is 0.525. The zero-order valence-electron chi connectivity index (χ0n) is 23.0. The summed E-state index contributed by atoms with van der Waals surface area (Å²) in [7, 11) is 2.06. The van der Waals surface area contributed by atoms with Gasteiger partial charge in [0.1, 0.15) is 0 Å². The van der Waals surface area contributed by atoms with Crippen molar-refractivity contribution in [3.63, 3.8) is 0 Å². The van der Waals surface area contributed by atoms with Crippen molar-refractivity contribution < 1.29 is 0 Å². The van der Waals surface area contributed by atoms with Gasteiger partial charge in [0.25, 0.3) is 0 Å². The number of nitrogens with zero attached hydrogens (tertiary/aromatic N) is 1. The third kappa shape index (κ3) is 3.48. The lowest BCUT2D eigenvalue weighted by Crippen LogP contribution is -2.42. The lowest BCUT2D eigenvalue weighted by atomic mass is 9.77. The van der Waals surface area contributed by atoms with Crippen molar-refractivity contribution >= 4 is 21.8 Å². The summed E-state index contributed by atoms with van der Waals surface area (Å²) < 4.78 is 2.43. The van der Waals surface area contributed by atoms with Gasteiger partial charge in [-0.25, -0.2) is 0 Å². The Hall–Kier alpha value is -4.92. The van der Waals surface area contributed by atoms with Crippen molar-refractivity contribution in [2.24, 2.45) is 0 Å². The Bertz CT molecular complexity index is 1990. The topological polar surface area (TPSA) is 17.0 Å². The summed E-state index contributed by atoms with van der Waals surface area (Å²) in [4.78, 5) is 0. The molecule has 1 N–H and O–H groups in total. The first-order valence-electron chi connectivity index (χ1n) is 14.3. The number of para-hydroxylation sites is 1. The monoisotopic (exact) mass is 526 g/mol. The van der Waals surface area contributed by atoms with E-state index in [1.807, 2.05) is 0 Å². The van der Waals surface area contributed by atoms with E-state index in [9.17, 15) is 0 Å². The predicted molar refractivity (Wildman–Crippen MR) is 171 cm³/mol. The molecule has 196 valence electrons. The number of hydrogen-bond acceptors (Lipinski definition) is 1. The molecule has 0 fully saturated rings. The Morgan fingerprint density at radius 3 is 1.85 bits per heavy atom. The smallest absolute Gasteiger partial charge is 0.0945 e. The minimum absolute atomic E-state index is 0.464. The van der Waals surface area contributed by atoms with Gasteiger partial charge in [0.15, 0.2) is 0 Å². The summed E-state index contributed by atoms with van der Waals surface area (Å²) in [6.07, 6.45) is 0.981. The van der Waals surface area contributed by atoms with Gasteiger partial charge in [0, 0.05) is 16.5 Å². The molecule has 8 rings (SSSR count). The maximum Gasteiger partial charge on any atom is 0.0945 e. The summed E-state index contributed by atoms with van der Waals surface area (Å²) >= 11 is 0. The number of rotatable bonds is 5. The summed E-state index contributed by atoms with van der Waals surface area (Å²) in [5.41, 5.74) is 12.4. The van der Waals surface area contributed by atoms with E-state index in [1.165, 1.54) is 66.4 Å². The van der Waals surface area contributed by atoms with Crippen LogP contribution >= 0.6 is 0 Å². The van der Waals surface area contributed by atoms with Crippen molar-refractivity contribution in [1.29, 1.82) is 0 Å². The summed E-state index contributed by atoms with van der Waals surface area (Å²) in [5.74, 6) is 0. The van der Waals surface area contributed by atoms with Crippen LogP contribution in [0.1, 0.15) is 27.8 Å². The van der Waals surface area contributed by atoms with Gasteiger partial charge in [-0.1, -0.05) is 121 Å². The fraction of sp³-hybridized carbons (Fsp3) is 0.0769. The zero-order valence-corrected chi connectivity index (χ0v) is 23.0. The van der Waals surface area contributed by atoms with Crippen molar-refractivity contribution in [2.75, 3.05) is 7.05 Å². The van der Waals surface area contributed by atoms with Gasteiger partial charge in [0.05, 0.1) is 16.6 Å². The van der Waals surface area contributed by atoms with Gasteiger partial charge >= 0.3 is 0 Å². The molecule has 0 unspecified atom stereocenters. The van der Waals surface area contributed by atoms with Crippen LogP contribution in [0.4, 0.5) is 0 Å². The van der Waals surface area contributed by atoms with E-state index < -0.39 is 5.54 Å². The Kier molecular flexibility index (Phi) is 5.44. The SMILES string of the molecule is CNC(c1ccccc1)(c1ccccc1)c1ccc(-n2c3ccccc3c3c4c(ccc32)-c2ccccc2C4)cc1. The first kappa shape index (κ1) is 23.9. The third-order valence-corrected chi connectivity index (χ3v) is 8.97. The van der Waals surface area contributed by atoms with Gasteiger partial charge in [-0.15, -0.1) is 0 Å². The molecule has 0 amide bonds. The highest BCUT2D eigenvalue weighted by Crippen LogP contribution is 2.44. The molecule has 0 spiro atoms. The third-order valence-electron chi connectivity index (χ3n) is 8.97. The molecule has 2 nitrogen and oxygen atoms in total. The first-order valence-corrected chi connectivity index (χ1v) is 14.3. The molecule has 0 bridgehead atoms. The Morgan fingerprint density at radius 1 is 0.537 bits per heavy atom. The summed E-state index contributed by atoms with van der Waals surface area (Å²) in [6.45, 7) is 0. The summed E-state index contributed by atoms with van der Waals surface area (Å²) in [5, 5.41) is 6.39. The van der Waals surface area contributed by atoms with Crippen LogP contribution in [0.5, 0.6) is 0 Å². The largest absolute Gasteiger partial charge is 0.309 e. The van der Waals surface area contributed by atoms with Crippen LogP contribution in [0.15, 0.2) is 146 Å². The molecular formula is C39H30N2. The second-order valence-corrected chi connectivity index (χ2v) is 11.0. The van der Waals surface area contributed by atoms with Crippen LogP contribution in [-0.4, -0.2) is 11.6 Å². The first-order chi connectivity index (χ1) is 20.3. The highest BCUT2D eigenvalue weighted by atomic mass is 15.0. The van der Waals surface area contributed by atoms with Gasteiger partial charge in [-0.05, 0) is 76.7 Å². The Labute approximate surface area is 240 Å². The number of aromatic nitrogens is 1. The number of fused-ring (bicyclic) bond motifs is 7. The molecular weight excluding hydrogens is 496 g/mol. The van der Waals surface area contributed by atoms with E-state index in [0.29, 0.717) is 0 Å². The molecule has 1 aliphatic carbocycles. The molecule has 1 heterocycles. The van der Waals surface area contributed by atoms with Crippen molar-refractivity contribution in [3.05, 3.63) is 173 Å². The fourth-order valence-electron chi connectivity index (χ4n) is 7.14. The minimum Gasteiger partial charge on any atom is -0.309 e. The highest BCUT2D eigenvalue weighted by Gasteiger charge is 2.34. The van der Waals surface area contributed by atoms with E-state index in [0.717, 1.165) is 6.42 Å². The molecule has 7 aromatic rings. The second-order valence-electron chi connectivity index (χ2n) is 11.0. The molecule has 6 aromatic carbocycles. The minimum atomic E-state index is -0.464. The standard InChI is InChI=1S/C39H30N2/c1-40-39(28-13-4-2-5-14-28,29-15-6-3-7-16-29)30-20-22-31(23-21-30)41-36-19-11-10-18-34(36)38-35-26-27-12-8-9-17-32(27)33(35)24-25-37(38)41/h2-25,40H,26H2,1H3. The van der Waals surface area contributed by atoms with Crippen LogP contribution in [0.2, 0.25) is 0 Å². The molecule has 41 heavy (non-hydrogen) atoms. The average Bonchev–Trinajstić information content (AvgIpc) is 3.59.